The molecule has 0 spiro atoms. The SMILES string of the molecule is COc1ccccc1CC(Cl)c1ccc(Cl)c(Cl)c1. The average molecular weight is 316 g/mol. The Morgan fingerprint density at radius 3 is 2.47 bits per heavy atom. The predicted molar refractivity (Wildman–Crippen MR) is 81.8 cm³/mol. The second-order valence-corrected chi connectivity index (χ2v) is 5.50. The number of hydrogen-bond acceptors (Lipinski definition) is 1. The fourth-order valence-electron chi connectivity index (χ4n) is 1.89. The lowest BCUT2D eigenvalue weighted by Gasteiger charge is -2.13. The van der Waals surface area contributed by atoms with Gasteiger partial charge in [0.1, 0.15) is 5.75 Å². The lowest BCUT2D eigenvalue weighted by Crippen LogP contribution is -1.98. The Kier molecular flexibility index (Phi) is 4.98. The number of halogens is 3. The van der Waals surface area contributed by atoms with Crippen LogP contribution in [0.3, 0.4) is 0 Å². The molecule has 0 aliphatic heterocycles. The van der Waals surface area contributed by atoms with Gasteiger partial charge in [0.15, 0.2) is 0 Å². The van der Waals surface area contributed by atoms with E-state index in [4.69, 9.17) is 39.5 Å². The Bertz CT molecular complexity index is 569. The van der Waals surface area contributed by atoms with Gasteiger partial charge in [0.05, 0.1) is 22.5 Å². The Labute approximate surface area is 128 Å². The van der Waals surface area contributed by atoms with E-state index >= 15 is 0 Å². The topological polar surface area (TPSA) is 9.23 Å². The van der Waals surface area contributed by atoms with Gasteiger partial charge < -0.3 is 4.74 Å². The zero-order valence-corrected chi connectivity index (χ0v) is 12.6. The minimum Gasteiger partial charge on any atom is -0.496 e. The Balaban J connectivity index is 2.20. The monoisotopic (exact) mass is 314 g/mol. The number of para-hydroxylation sites is 1. The zero-order chi connectivity index (χ0) is 13.8. The first-order chi connectivity index (χ1) is 9.11. The van der Waals surface area contributed by atoms with Gasteiger partial charge in [-0.3, -0.25) is 0 Å². The van der Waals surface area contributed by atoms with E-state index in [0.717, 1.165) is 16.9 Å². The van der Waals surface area contributed by atoms with Crippen LogP contribution >= 0.6 is 34.8 Å². The molecule has 2 rings (SSSR count). The van der Waals surface area contributed by atoms with Crippen molar-refractivity contribution in [2.24, 2.45) is 0 Å². The number of methoxy groups -OCH3 is 1. The van der Waals surface area contributed by atoms with E-state index in [1.165, 1.54) is 0 Å². The summed E-state index contributed by atoms with van der Waals surface area (Å²) in [5, 5.41) is 0.877. The van der Waals surface area contributed by atoms with Crippen molar-refractivity contribution in [3.63, 3.8) is 0 Å². The Morgan fingerprint density at radius 2 is 1.79 bits per heavy atom. The van der Waals surface area contributed by atoms with Gasteiger partial charge >= 0.3 is 0 Å². The summed E-state index contributed by atoms with van der Waals surface area (Å²) in [5.74, 6) is 0.841. The molecular formula is C15H13Cl3O. The minimum absolute atomic E-state index is 0.175. The van der Waals surface area contributed by atoms with E-state index in [1.54, 1.807) is 19.2 Å². The highest BCUT2D eigenvalue weighted by atomic mass is 35.5. The number of ether oxygens (including phenoxy) is 1. The smallest absolute Gasteiger partial charge is 0.122 e. The second kappa shape index (κ2) is 6.51. The molecule has 0 radical (unpaired) electrons. The van der Waals surface area contributed by atoms with Crippen LogP contribution in [0.25, 0.3) is 0 Å². The van der Waals surface area contributed by atoms with E-state index in [9.17, 15) is 0 Å². The van der Waals surface area contributed by atoms with Crippen LogP contribution in [0, 0.1) is 0 Å². The fourth-order valence-corrected chi connectivity index (χ4v) is 2.50. The van der Waals surface area contributed by atoms with Crippen LogP contribution in [0.5, 0.6) is 5.75 Å². The van der Waals surface area contributed by atoms with E-state index < -0.39 is 0 Å². The van der Waals surface area contributed by atoms with Crippen molar-refractivity contribution in [3.8, 4) is 5.75 Å². The number of benzene rings is 2. The van der Waals surface area contributed by atoms with Crippen molar-refractivity contribution in [2.45, 2.75) is 11.8 Å². The lowest BCUT2D eigenvalue weighted by atomic mass is 10.0. The van der Waals surface area contributed by atoms with Gasteiger partial charge in [0, 0.05) is 0 Å². The predicted octanol–water partition coefficient (Wildman–Crippen LogP) is 5.52. The van der Waals surface area contributed by atoms with Gasteiger partial charge in [0.25, 0.3) is 0 Å². The summed E-state index contributed by atoms with van der Waals surface area (Å²) < 4.78 is 5.32. The van der Waals surface area contributed by atoms with Crippen molar-refractivity contribution in [1.29, 1.82) is 0 Å². The second-order valence-electron chi connectivity index (χ2n) is 4.16. The molecule has 4 heteroatoms. The van der Waals surface area contributed by atoms with Crippen LogP contribution in [0.15, 0.2) is 42.5 Å². The third-order valence-electron chi connectivity index (χ3n) is 2.90. The van der Waals surface area contributed by atoms with E-state index in [-0.39, 0.29) is 5.38 Å². The van der Waals surface area contributed by atoms with Crippen molar-refractivity contribution in [3.05, 3.63) is 63.6 Å². The van der Waals surface area contributed by atoms with Crippen LogP contribution < -0.4 is 4.74 Å². The molecule has 1 nitrogen and oxygen atoms in total. The average Bonchev–Trinajstić information content (AvgIpc) is 2.42. The summed E-state index contributed by atoms with van der Waals surface area (Å²) >= 11 is 18.3. The number of hydrogen-bond donors (Lipinski definition) is 0. The maximum atomic E-state index is 6.44. The molecule has 100 valence electrons. The lowest BCUT2D eigenvalue weighted by molar-refractivity contribution is 0.409. The van der Waals surface area contributed by atoms with Crippen LogP contribution in [0.1, 0.15) is 16.5 Å². The van der Waals surface area contributed by atoms with Gasteiger partial charge in [-0.2, -0.15) is 0 Å². The molecule has 0 fully saturated rings. The maximum Gasteiger partial charge on any atom is 0.122 e. The molecular weight excluding hydrogens is 303 g/mol. The van der Waals surface area contributed by atoms with E-state index in [1.807, 2.05) is 30.3 Å². The summed E-state index contributed by atoms with van der Waals surface area (Å²) in [6.45, 7) is 0. The van der Waals surface area contributed by atoms with Crippen molar-refractivity contribution >= 4 is 34.8 Å². The first-order valence-electron chi connectivity index (χ1n) is 5.82. The van der Waals surface area contributed by atoms with Gasteiger partial charge in [-0.1, -0.05) is 47.5 Å². The van der Waals surface area contributed by atoms with Gasteiger partial charge in [0.2, 0.25) is 0 Å². The standard InChI is InChI=1S/C15H13Cl3O/c1-19-15-5-3-2-4-11(15)9-13(17)10-6-7-12(16)14(18)8-10/h2-8,13H,9H2,1H3. The quantitative estimate of drug-likeness (QED) is 0.675. The molecule has 0 aliphatic carbocycles. The number of alkyl halides is 1. The van der Waals surface area contributed by atoms with Gasteiger partial charge in [-0.25, -0.2) is 0 Å². The Hall–Kier alpha value is -0.890. The summed E-state index contributed by atoms with van der Waals surface area (Å²) in [6.07, 6.45) is 0.670. The van der Waals surface area contributed by atoms with Crippen LogP contribution in [-0.2, 0) is 6.42 Å². The highest BCUT2D eigenvalue weighted by Gasteiger charge is 2.13. The van der Waals surface area contributed by atoms with Crippen LogP contribution in [-0.4, -0.2) is 7.11 Å². The van der Waals surface area contributed by atoms with Crippen molar-refractivity contribution in [1.82, 2.24) is 0 Å². The summed E-state index contributed by atoms with van der Waals surface area (Å²) in [7, 11) is 1.65. The van der Waals surface area contributed by atoms with Crippen LogP contribution in [0.2, 0.25) is 10.0 Å². The molecule has 0 saturated carbocycles. The highest BCUT2D eigenvalue weighted by molar-refractivity contribution is 6.42. The molecule has 2 aromatic rings. The maximum absolute atomic E-state index is 6.44. The molecule has 2 aromatic carbocycles. The fraction of sp³-hybridized carbons (Fsp3) is 0.200. The molecule has 0 heterocycles. The normalized spacial score (nSPS) is 12.2. The Morgan fingerprint density at radius 1 is 1.05 bits per heavy atom. The molecule has 0 bridgehead atoms. The third-order valence-corrected chi connectivity index (χ3v) is 4.04. The molecule has 0 aromatic heterocycles. The summed E-state index contributed by atoms with van der Waals surface area (Å²) in [6, 6.07) is 13.3. The third kappa shape index (κ3) is 3.56. The van der Waals surface area contributed by atoms with Gasteiger partial charge in [-0.05, 0) is 35.7 Å². The van der Waals surface area contributed by atoms with Crippen LogP contribution in [0.4, 0.5) is 0 Å². The molecule has 0 saturated heterocycles. The van der Waals surface area contributed by atoms with Gasteiger partial charge in [-0.15, -0.1) is 11.6 Å². The summed E-state index contributed by atoms with van der Waals surface area (Å²) in [4.78, 5) is 0. The van der Waals surface area contributed by atoms with Crippen molar-refractivity contribution in [2.75, 3.05) is 7.11 Å². The van der Waals surface area contributed by atoms with E-state index in [0.29, 0.717) is 16.5 Å². The first-order valence-corrected chi connectivity index (χ1v) is 7.02. The first kappa shape index (κ1) is 14.5. The largest absolute Gasteiger partial charge is 0.496 e. The number of rotatable bonds is 4. The molecule has 0 N–H and O–H groups in total. The molecule has 1 unspecified atom stereocenters. The molecule has 19 heavy (non-hydrogen) atoms. The zero-order valence-electron chi connectivity index (χ0n) is 10.4. The molecule has 0 aliphatic rings. The highest BCUT2D eigenvalue weighted by Crippen LogP contribution is 2.32. The minimum atomic E-state index is -0.175. The van der Waals surface area contributed by atoms with E-state index in [2.05, 4.69) is 0 Å². The van der Waals surface area contributed by atoms with Crippen molar-refractivity contribution < 1.29 is 4.74 Å². The molecule has 0 amide bonds. The molecule has 1 atom stereocenters. The summed E-state index contributed by atoms with van der Waals surface area (Å²) in [5.41, 5.74) is 2.01.